The molecule has 2 saturated heterocycles. The summed E-state index contributed by atoms with van der Waals surface area (Å²) in [5, 5.41) is 13.9. The van der Waals surface area contributed by atoms with Crippen LogP contribution in [0.15, 0.2) is 46.9 Å². The highest BCUT2D eigenvalue weighted by Crippen LogP contribution is 2.55. The largest absolute Gasteiger partial charge is 0.493 e. The minimum Gasteiger partial charge on any atom is -0.493 e. The van der Waals surface area contributed by atoms with Crippen molar-refractivity contribution in [3.05, 3.63) is 58.1 Å². The van der Waals surface area contributed by atoms with Crippen LogP contribution in [0.4, 0.5) is 0 Å². The Bertz CT molecular complexity index is 1200. The number of nitrogens with zero attached hydrogens (tertiary/aromatic N) is 1. The van der Waals surface area contributed by atoms with Crippen molar-refractivity contribution in [3.8, 4) is 11.5 Å². The lowest BCUT2D eigenvalue weighted by Gasteiger charge is -2.35. The summed E-state index contributed by atoms with van der Waals surface area (Å²) in [7, 11) is 3.04. The first kappa shape index (κ1) is 24.8. The van der Waals surface area contributed by atoms with Gasteiger partial charge in [0.25, 0.3) is 0 Å². The van der Waals surface area contributed by atoms with Crippen LogP contribution < -0.4 is 14.8 Å². The molecular weight excluding hydrogens is 528 g/mol. The maximum Gasteiger partial charge on any atom is 0.329 e. The van der Waals surface area contributed by atoms with E-state index in [4.69, 9.17) is 9.47 Å². The number of benzene rings is 2. The standard InChI is InChI=1S/C27H29BrN2O6/c1-35-19-14-15(13-18(28)23(19)36-2)22-20-21(25(32)30(24(20)31)17-11-7-4-8-12-17)27(29-22,26(33)34)16-9-5-3-6-10-16/h3,5-6,9-10,13-14,17,20-22,29H,4,7-8,11-12H2,1-2H3,(H,33,34). The fourth-order valence-electron chi connectivity index (χ4n) is 6.32. The van der Waals surface area contributed by atoms with E-state index in [0.29, 0.717) is 27.1 Å². The second-order valence-electron chi connectivity index (χ2n) is 9.68. The fourth-order valence-corrected chi connectivity index (χ4v) is 6.94. The molecular formula is C27H29BrN2O6. The van der Waals surface area contributed by atoms with Gasteiger partial charge in [0.05, 0.1) is 30.5 Å². The number of likely N-dealkylation sites (tertiary alicyclic amines) is 1. The summed E-state index contributed by atoms with van der Waals surface area (Å²) >= 11 is 3.51. The molecule has 2 aromatic carbocycles. The normalized spacial score (nSPS) is 28.3. The Balaban J connectivity index is 1.69. The summed E-state index contributed by atoms with van der Waals surface area (Å²) in [6.07, 6.45) is 4.48. The van der Waals surface area contributed by atoms with Crippen molar-refractivity contribution in [2.45, 2.75) is 49.7 Å². The topological polar surface area (TPSA) is 105 Å². The molecule has 2 aromatic rings. The molecule has 2 N–H and O–H groups in total. The number of nitrogens with one attached hydrogen (secondary N) is 1. The zero-order valence-electron chi connectivity index (χ0n) is 20.2. The summed E-state index contributed by atoms with van der Waals surface area (Å²) < 4.78 is 11.6. The van der Waals surface area contributed by atoms with Gasteiger partial charge in [-0.25, -0.2) is 4.79 Å². The first-order chi connectivity index (χ1) is 17.3. The predicted octanol–water partition coefficient (Wildman–Crippen LogP) is 4.02. The lowest BCUT2D eigenvalue weighted by Crippen LogP contribution is -2.54. The number of methoxy groups -OCH3 is 2. The highest BCUT2D eigenvalue weighted by atomic mass is 79.9. The lowest BCUT2D eigenvalue weighted by molar-refractivity contribution is -0.153. The van der Waals surface area contributed by atoms with Gasteiger partial charge in [-0.05, 0) is 52.0 Å². The zero-order chi connectivity index (χ0) is 25.6. The van der Waals surface area contributed by atoms with Crippen LogP contribution in [0.25, 0.3) is 0 Å². The molecule has 4 unspecified atom stereocenters. The van der Waals surface area contributed by atoms with Gasteiger partial charge in [0.2, 0.25) is 11.8 Å². The molecule has 190 valence electrons. The smallest absolute Gasteiger partial charge is 0.329 e. The second-order valence-corrected chi connectivity index (χ2v) is 10.5. The third-order valence-electron chi connectivity index (χ3n) is 7.92. The molecule has 8 nitrogen and oxygen atoms in total. The van der Waals surface area contributed by atoms with Crippen LogP contribution in [0.1, 0.15) is 49.3 Å². The average Bonchev–Trinajstić information content (AvgIpc) is 3.39. The summed E-state index contributed by atoms with van der Waals surface area (Å²) in [4.78, 5) is 42.5. The molecule has 36 heavy (non-hydrogen) atoms. The van der Waals surface area contributed by atoms with Gasteiger partial charge in [-0.15, -0.1) is 0 Å². The zero-order valence-corrected chi connectivity index (χ0v) is 21.8. The SMILES string of the molecule is COc1cc(C2NC(C(=O)O)(c3ccccc3)C3C(=O)N(C4CCCCC4)C(=O)C23)cc(Br)c1OC. The van der Waals surface area contributed by atoms with Gasteiger partial charge in [-0.3, -0.25) is 19.8 Å². The van der Waals surface area contributed by atoms with Crippen molar-refractivity contribution in [3.63, 3.8) is 0 Å². The van der Waals surface area contributed by atoms with Gasteiger partial charge < -0.3 is 14.6 Å². The molecule has 0 aromatic heterocycles. The number of amides is 2. The number of hydrogen-bond acceptors (Lipinski definition) is 6. The molecule has 1 aliphatic carbocycles. The van der Waals surface area contributed by atoms with Crippen LogP contribution in [-0.2, 0) is 19.9 Å². The molecule has 2 amide bonds. The van der Waals surface area contributed by atoms with E-state index in [2.05, 4.69) is 21.2 Å². The predicted molar refractivity (Wildman–Crippen MR) is 135 cm³/mol. The Labute approximate surface area is 218 Å². The van der Waals surface area contributed by atoms with Crippen molar-refractivity contribution < 1.29 is 29.0 Å². The molecule has 2 heterocycles. The van der Waals surface area contributed by atoms with Gasteiger partial charge in [-0.1, -0.05) is 49.6 Å². The molecule has 0 bridgehead atoms. The minimum atomic E-state index is -1.76. The Kier molecular flexibility index (Phi) is 6.55. The number of aliphatic carboxylic acids is 1. The van der Waals surface area contributed by atoms with Crippen LogP contribution in [0.3, 0.4) is 0 Å². The number of carboxylic acid groups (broad SMARTS) is 1. The third kappa shape index (κ3) is 3.63. The van der Waals surface area contributed by atoms with Crippen molar-refractivity contribution in [1.82, 2.24) is 10.2 Å². The summed E-state index contributed by atoms with van der Waals surface area (Å²) in [6.45, 7) is 0. The van der Waals surface area contributed by atoms with Crippen LogP contribution in [0.5, 0.6) is 11.5 Å². The minimum absolute atomic E-state index is 0.190. The number of hydrogen-bond donors (Lipinski definition) is 2. The molecule has 0 spiro atoms. The van der Waals surface area contributed by atoms with E-state index in [-0.39, 0.29) is 11.9 Å². The van der Waals surface area contributed by atoms with E-state index in [0.717, 1.165) is 32.1 Å². The van der Waals surface area contributed by atoms with Crippen LogP contribution in [0, 0.1) is 11.8 Å². The summed E-state index contributed by atoms with van der Waals surface area (Å²) in [5.74, 6) is -2.92. The molecule has 3 aliphatic rings. The average molecular weight is 557 g/mol. The molecule has 4 atom stereocenters. The van der Waals surface area contributed by atoms with E-state index >= 15 is 0 Å². The van der Waals surface area contributed by atoms with Gasteiger partial charge in [0.1, 0.15) is 0 Å². The number of ether oxygens (including phenoxy) is 2. The number of halogens is 1. The van der Waals surface area contributed by atoms with Gasteiger partial charge in [-0.2, -0.15) is 0 Å². The molecule has 5 rings (SSSR count). The van der Waals surface area contributed by atoms with Crippen LogP contribution in [-0.4, -0.2) is 48.1 Å². The fraction of sp³-hybridized carbons (Fsp3) is 0.444. The Morgan fingerprint density at radius 2 is 1.75 bits per heavy atom. The van der Waals surface area contributed by atoms with E-state index in [1.54, 1.807) is 42.5 Å². The Hall–Kier alpha value is -2.91. The molecule has 0 radical (unpaired) electrons. The van der Waals surface area contributed by atoms with Gasteiger partial charge in [0.15, 0.2) is 17.0 Å². The summed E-state index contributed by atoms with van der Waals surface area (Å²) in [6, 6.07) is 11.3. The number of rotatable bonds is 6. The van der Waals surface area contributed by atoms with Gasteiger partial charge >= 0.3 is 5.97 Å². The van der Waals surface area contributed by atoms with Crippen molar-refractivity contribution in [2.24, 2.45) is 11.8 Å². The number of imide groups is 1. The van der Waals surface area contributed by atoms with Crippen LogP contribution in [0.2, 0.25) is 0 Å². The quantitative estimate of drug-likeness (QED) is 0.517. The number of carbonyl (C=O) groups is 3. The Morgan fingerprint density at radius 1 is 1.06 bits per heavy atom. The molecule has 3 fully saturated rings. The monoisotopic (exact) mass is 556 g/mol. The first-order valence-electron chi connectivity index (χ1n) is 12.2. The third-order valence-corrected chi connectivity index (χ3v) is 8.50. The van der Waals surface area contributed by atoms with Crippen molar-refractivity contribution in [1.29, 1.82) is 0 Å². The first-order valence-corrected chi connectivity index (χ1v) is 13.0. The molecule has 1 saturated carbocycles. The molecule has 2 aliphatic heterocycles. The Morgan fingerprint density at radius 3 is 2.36 bits per heavy atom. The molecule has 9 heteroatoms. The van der Waals surface area contributed by atoms with Gasteiger partial charge in [0, 0.05) is 12.1 Å². The van der Waals surface area contributed by atoms with E-state index < -0.39 is 35.3 Å². The summed E-state index contributed by atoms with van der Waals surface area (Å²) in [5.41, 5.74) is -0.673. The van der Waals surface area contributed by atoms with Crippen molar-refractivity contribution in [2.75, 3.05) is 14.2 Å². The number of carbonyl (C=O) groups excluding carboxylic acids is 2. The maximum atomic E-state index is 14.0. The lowest BCUT2D eigenvalue weighted by atomic mass is 9.75. The second kappa shape index (κ2) is 9.52. The number of carboxylic acids is 1. The maximum absolute atomic E-state index is 14.0. The highest BCUT2D eigenvalue weighted by Gasteiger charge is 2.69. The van der Waals surface area contributed by atoms with Crippen molar-refractivity contribution >= 4 is 33.7 Å². The van der Waals surface area contributed by atoms with E-state index in [1.807, 2.05) is 0 Å². The highest BCUT2D eigenvalue weighted by molar-refractivity contribution is 9.10. The number of fused-ring (bicyclic) bond motifs is 1. The van der Waals surface area contributed by atoms with E-state index in [1.165, 1.54) is 19.1 Å². The van der Waals surface area contributed by atoms with E-state index in [9.17, 15) is 19.5 Å². The van der Waals surface area contributed by atoms with Crippen LogP contribution >= 0.6 is 15.9 Å².